The summed E-state index contributed by atoms with van der Waals surface area (Å²) >= 11 is 0. The molecule has 0 bridgehead atoms. The minimum Gasteiger partial charge on any atom is -0.466 e. The normalized spacial score (nSPS) is 18.7. The van der Waals surface area contributed by atoms with Crippen LogP contribution in [0.25, 0.3) is 0 Å². The number of ether oxygens (including phenoxy) is 2. The van der Waals surface area contributed by atoms with Gasteiger partial charge in [0.2, 0.25) is 0 Å². The molecule has 1 aliphatic carbocycles. The number of carbonyl (C=O) groups excluding carboxylic acids is 2. The summed E-state index contributed by atoms with van der Waals surface area (Å²) in [5, 5.41) is 3.75. The number of unbranched alkanes of at least 4 members (excludes halogenated alkanes) is 9. The first-order valence-corrected chi connectivity index (χ1v) is 21.8. The van der Waals surface area contributed by atoms with Crippen molar-refractivity contribution in [3.05, 3.63) is 6.42 Å². The monoisotopic (exact) mass is 802 g/mol. The Bertz CT molecular complexity index is 1630. The first-order valence-electron chi connectivity index (χ1n) is 21.8. The lowest BCUT2D eigenvalue weighted by molar-refractivity contribution is -0.177. The van der Waals surface area contributed by atoms with Crippen molar-refractivity contribution in [1.29, 1.82) is 0 Å². The number of nitrogens with one attached hydrogen (secondary N) is 1. The Morgan fingerprint density at radius 3 is 1.63 bits per heavy atom. The van der Waals surface area contributed by atoms with Crippen molar-refractivity contribution in [2.45, 2.75) is 211 Å². The molecule has 0 aromatic carbocycles. The van der Waals surface area contributed by atoms with Crippen molar-refractivity contribution in [3.8, 4) is 77.5 Å². The van der Waals surface area contributed by atoms with Gasteiger partial charge in [0.05, 0.1) is 13.0 Å². The predicted octanol–water partition coefficient (Wildman–Crippen LogP) is 13.1. The fourth-order valence-corrected chi connectivity index (χ4v) is 8.82. The van der Waals surface area contributed by atoms with Gasteiger partial charge in [0, 0.05) is 50.4 Å². The summed E-state index contributed by atoms with van der Waals surface area (Å²) < 4.78 is 12.9. The maximum atomic E-state index is 14.5. The quantitative estimate of drug-likeness (QED) is 0.0820. The molecule has 1 N–H and O–H groups in total. The molecule has 2 spiro atoms. The molecule has 3 rings (SSSR count). The molecule has 0 unspecified atom stereocenters. The summed E-state index contributed by atoms with van der Waals surface area (Å²) in [5.74, 6) is 27.6. The third kappa shape index (κ3) is 19.7. The van der Waals surface area contributed by atoms with E-state index < -0.39 is 11.3 Å². The van der Waals surface area contributed by atoms with Crippen molar-refractivity contribution >= 4 is 11.9 Å². The first-order chi connectivity index (χ1) is 27.4. The van der Waals surface area contributed by atoms with E-state index in [1.54, 1.807) is 0 Å². The van der Waals surface area contributed by atoms with Gasteiger partial charge in [0.25, 0.3) is 5.91 Å². The summed E-state index contributed by atoms with van der Waals surface area (Å²) in [4.78, 5) is 29.4. The summed E-state index contributed by atoms with van der Waals surface area (Å²) in [6.07, 6.45) is 38.1. The lowest BCUT2D eigenvalue weighted by Crippen LogP contribution is -2.65. The molecule has 2 saturated heterocycles. The Balaban J connectivity index is -0.0000000968. The predicted molar refractivity (Wildman–Crippen MR) is 261 cm³/mol. The Morgan fingerprint density at radius 2 is 1.16 bits per heavy atom. The molecule has 57 heavy (non-hydrogen) atoms. The Labute approximate surface area is 369 Å². The van der Waals surface area contributed by atoms with Crippen LogP contribution in [0.1, 0.15) is 209 Å². The van der Waals surface area contributed by atoms with Crippen molar-refractivity contribution in [1.82, 2.24) is 10.2 Å². The number of terminal acetylenes is 1. The molecular formula is C51H97N2O4-. The van der Waals surface area contributed by atoms with Gasteiger partial charge >= 0.3 is 5.97 Å². The van der Waals surface area contributed by atoms with Crippen molar-refractivity contribution in [3.63, 3.8) is 0 Å². The first kappa shape index (κ1) is 48.9. The van der Waals surface area contributed by atoms with E-state index in [1.165, 1.54) is 96.3 Å². The third-order valence-corrected chi connectivity index (χ3v) is 10.8. The zero-order valence-corrected chi connectivity index (χ0v) is 36.0. The number of hydrogen-bond acceptors (Lipinski definition) is 5. The second-order valence-electron chi connectivity index (χ2n) is 17.1. The standard InChI is InChI=1S/C37H68N2O4.C14H.14H2/c1-6-7-8-9-10-11-15-18-21-24-29-42-32(40)25-28-39-33(41)36(30-34(2,3)38-35(4,5)31-36)43-37(39)26-22-19-16-13-12-14-17-20-23-27-37;1-3-5-7-9-11-13-14-12-10-8-6-4-2;;;;;;;;;;;;;;/h38H,6-31H2,1-5H3;1H;14*1H/q;-1;;;;;;;;;;;;;;. The van der Waals surface area contributed by atoms with E-state index in [2.05, 4.69) is 105 Å². The van der Waals surface area contributed by atoms with Crippen LogP contribution in [0.3, 0.4) is 0 Å². The Kier molecular flexibility index (Phi) is 23.5. The minimum atomic E-state index is -0.838. The van der Waals surface area contributed by atoms with Crippen LogP contribution in [0, 0.1) is 83.9 Å². The average molecular weight is 802 g/mol. The molecule has 2 aliphatic heterocycles. The highest BCUT2D eigenvalue weighted by molar-refractivity contribution is 5.89. The zero-order chi connectivity index (χ0) is 41.7. The SMILES string of the molecule is CCCCCCCCCCCCOC(=O)CCN1C(=O)C2(CC(C)(C)NC(C)(C)C2)OC12CCCCCCCCCCC2.[C-]#CC#CC#CC#CC#CC#CC#C.[HH].[HH].[HH].[HH].[HH].[HH].[HH].[HH].[HH].[HH].[HH].[HH].[HH].[HH]. The fraction of sp³-hybridized carbons (Fsp3) is 0.686. The molecule has 3 fully saturated rings. The van der Waals surface area contributed by atoms with Crippen LogP contribution in [0.4, 0.5) is 0 Å². The molecule has 336 valence electrons. The van der Waals surface area contributed by atoms with Gasteiger partial charge in [0.1, 0.15) is 5.72 Å². The van der Waals surface area contributed by atoms with E-state index in [0.717, 1.165) is 38.5 Å². The van der Waals surface area contributed by atoms with Crippen LogP contribution in [-0.2, 0) is 19.1 Å². The van der Waals surface area contributed by atoms with Gasteiger partial charge in [-0.3, -0.25) is 15.5 Å². The topological polar surface area (TPSA) is 67.9 Å². The largest absolute Gasteiger partial charge is 0.466 e. The molecular weight excluding hydrogens is 705 g/mol. The molecule has 0 aromatic heterocycles. The van der Waals surface area contributed by atoms with E-state index in [1.807, 2.05) is 10.8 Å². The molecule has 6 nitrogen and oxygen atoms in total. The van der Waals surface area contributed by atoms with Gasteiger partial charge in [-0.2, -0.15) is 0 Å². The van der Waals surface area contributed by atoms with Crippen LogP contribution in [0.5, 0.6) is 0 Å². The van der Waals surface area contributed by atoms with Gasteiger partial charge in [-0.1, -0.05) is 110 Å². The van der Waals surface area contributed by atoms with Crippen LogP contribution in [-0.4, -0.2) is 52.3 Å². The van der Waals surface area contributed by atoms with Crippen molar-refractivity contribution in [2.75, 3.05) is 13.2 Å². The van der Waals surface area contributed by atoms with E-state index in [9.17, 15) is 9.59 Å². The van der Waals surface area contributed by atoms with Gasteiger partial charge in [-0.05, 0) is 113 Å². The van der Waals surface area contributed by atoms with E-state index in [0.29, 0.717) is 26.0 Å². The van der Waals surface area contributed by atoms with Gasteiger partial charge in [-0.15, -0.1) is 12.3 Å². The third-order valence-electron chi connectivity index (χ3n) is 10.8. The van der Waals surface area contributed by atoms with E-state index in [-0.39, 0.29) is 49.3 Å². The number of amides is 1. The maximum absolute atomic E-state index is 14.5. The van der Waals surface area contributed by atoms with Crippen molar-refractivity contribution in [2.24, 2.45) is 0 Å². The summed E-state index contributed by atoms with van der Waals surface area (Å²) in [6.45, 7) is 11.9. The zero-order valence-electron chi connectivity index (χ0n) is 36.0. The average Bonchev–Trinajstić information content (AvgIpc) is 3.35. The number of esters is 1. The number of carbonyl (C=O) groups is 2. The maximum Gasteiger partial charge on any atom is 0.307 e. The highest BCUT2D eigenvalue weighted by atomic mass is 16.6. The van der Waals surface area contributed by atoms with E-state index in [4.69, 9.17) is 22.3 Å². The Morgan fingerprint density at radius 1 is 0.719 bits per heavy atom. The molecule has 0 radical (unpaired) electrons. The summed E-state index contributed by atoms with van der Waals surface area (Å²) in [7, 11) is 0. The summed E-state index contributed by atoms with van der Waals surface area (Å²) in [6, 6.07) is 0. The lowest BCUT2D eigenvalue weighted by atomic mass is 9.72. The molecule has 1 saturated carbocycles. The molecule has 0 atom stereocenters. The van der Waals surface area contributed by atoms with Crippen LogP contribution < -0.4 is 5.32 Å². The Hall–Kier alpha value is -4.22. The second kappa shape index (κ2) is 27.4. The smallest absolute Gasteiger partial charge is 0.307 e. The number of rotatable bonds is 14. The molecule has 2 heterocycles. The van der Waals surface area contributed by atoms with Gasteiger partial charge < -0.3 is 26.1 Å². The van der Waals surface area contributed by atoms with Crippen LogP contribution >= 0.6 is 0 Å². The molecule has 0 aromatic rings. The number of piperidine rings is 1. The minimum absolute atomic E-state index is 0. The van der Waals surface area contributed by atoms with Gasteiger partial charge in [-0.25, -0.2) is 5.92 Å². The lowest BCUT2D eigenvalue weighted by Gasteiger charge is -2.50. The molecule has 6 heteroatoms. The van der Waals surface area contributed by atoms with Crippen LogP contribution in [0.2, 0.25) is 0 Å². The number of nitrogens with zero attached hydrogens (tertiary/aromatic N) is 1. The highest BCUT2D eigenvalue weighted by Crippen LogP contribution is 2.51. The van der Waals surface area contributed by atoms with Crippen molar-refractivity contribution < 1.29 is 39.0 Å². The van der Waals surface area contributed by atoms with E-state index >= 15 is 0 Å². The van der Waals surface area contributed by atoms with Crippen LogP contribution in [0.15, 0.2) is 0 Å². The molecule has 1 amide bonds. The summed E-state index contributed by atoms with van der Waals surface area (Å²) in [5.41, 5.74) is -1.88. The fourth-order valence-electron chi connectivity index (χ4n) is 8.82. The molecule has 3 aliphatic rings. The second-order valence-corrected chi connectivity index (χ2v) is 17.1. The number of hydrogen-bond donors (Lipinski definition) is 1. The highest BCUT2D eigenvalue weighted by Gasteiger charge is 2.64. The van der Waals surface area contributed by atoms with Gasteiger partial charge in [0.15, 0.2) is 5.60 Å².